The average molecular weight is 568 g/mol. The Morgan fingerprint density at radius 3 is 2.53 bits per heavy atom. The number of aromatic nitrogens is 1. The summed E-state index contributed by atoms with van der Waals surface area (Å²) in [6.07, 6.45) is 6.03. The largest absolute Gasteiger partial charge is 0.493 e. The number of rotatable bonds is 12. The monoisotopic (exact) mass is 566 g/mol. The molecular weight excluding hydrogens is 539 g/mol. The first-order valence-electron chi connectivity index (χ1n) is 12.4. The van der Waals surface area contributed by atoms with Gasteiger partial charge in [0.05, 0.1) is 18.5 Å². The van der Waals surface area contributed by atoms with Gasteiger partial charge in [0, 0.05) is 37.8 Å². The molecule has 4 aromatic rings. The molecule has 0 aliphatic carbocycles. The zero-order valence-electron chi connectivity index (χ0n) is 20.9. The minimum absolute atomic E-state index is 0.319. The maximum Gasteiger partial charge on any atom is 0.271 e. The van der Waals surface area contributed by atoms with Crippen LogP contribution >= 0.6 is 34.5 Å². The summed E-state index contributed by atoms with van der Waals surface area (Å²) in [7, 11) is 0. The Labute approximate surface area is 236 Å². The number of hydrogen-bond donors (Lipinski definition) is 2. The van der Waals surface area contributed by atoms with Crippen LogP contribution < -0.4 is 15.5 Å². The van der Waals surface area contributed by atoms with E-state index >= 15 is 0 Å². The summed E-state index contributed by atoms with van der Waals surface area (Å²) in [5.41, 5.74) is 6.40. The van der Waals surface area contributed by atoms with Crippen molar-refractivity contribution in [1.29, 1.82) is 0 Å². The number of hydrazone groups is 1. The van der Waals surface area contributed by atoms with Crippen LogP contribution in [-0.4, -0.2) is 23.7 Å². The summed E-state index contributed by atoms with van der Waals surface area (Å²) in [6, 6.07) is 20.0. The molecule has 38 heavy (non-hydrogen) atoms. The van der Waals surface area contributed by atoms with Crippen LogP contribution in [0.5, 0.6) is 5.75 Å². The predicted molar refractivity (Wildman–Crippen MR) is 158 cm³/mol. The van der Waals surface area contributed by atoms with E-state index in [4.69, 9.17) is 27.9 Å². The maximum atomic E-state index is 12.6. The molecular formula is C29H28Cl2N4O2S. The zero-order valence-corrected chi connectivity index (χ0v) is 23.2. The minimum atomic E-state index is -0.319. The Morgan fingerprint density at radius 2 is 1.76 bits per heavy atom. The SMILES string of the molecule is CCCCCCOc1ccc(Cl)cc1/C=N\NC(=O)c1ccc(-c2csc(Nc3ccc(Cl)cc3)n2)cc1. The van der Waals surface area contributed by atoms with Gasteiger partial charge in [-0.3, -0.25) is 4.79 Å². The molecule has 0 saturated heterocycles. The highest BCUT2D eigenvalue weighted by molar-refractivity contribution is 7.14. The van der Waals surface area contributed by atoms with Crippen LogP contribution in [0.25, 0.3) is 11.3 Å². The number of carbonyl (C=O) groups is 1. The zero-order chi connectivity index (χ0) is 26.7. The van der Waals surface area contributed by atoms with Gasteiger partial charge >= 0.3 is 0 Å². The van der Waals surface area contributed by atoms with E-state index in [0.717, 1.165) is 34.9 Å². The molecule has 0 spiro atoms. The predicted octanol–water partition coefficient (Wildman–Crippen LogP) is 8.58. The van der Waals surface area contributed by atoms with Crippen LogP contribution in [0.2, 0.25) is 10.0 Å². The van der Waals surface area contributed by atoms with Gasteiger partial charge in [-0.25, -0.2) is 10.4 Å². The van der Waals surface area contributed by atoms with Gasteiger partial charge in [-0.05, 0) is 61.0 Å². The van der Waals surface area contributed by atoms with Crippen LogP contribution in [0, 0.1) is 0 Å². The second-order valence-corrected chi connectivity index (χ2v) is 10.3. The lowest BCUT2D eigenvalue weighted by molar-refractivity contribution is 0.0955. The van der Waals surface area contributed by atoms with Crippen LogP contribution in [-0.2, 0) is 0 Å². The third kappa shape index (κ3) is 8.05. The van der Waals surface area contributed by atoms with Gasteiger partial charge in [0.15, 0.2) is 5.13 Å². The highest BCUT2D eigenvalue weighted by Crippen LogP contribution is 2.28. The third-order valence-corrected chi connectivity index (χ3v) is 6.88. The van der Waals surface area contributed by atoms with Gasteiger partial charge in [-0.15, -0.1) is 11.3 Å². The van der Waals surface area contributed by atoms with E-state index in [9.17, 15) is 4.79 Å². The highest BCUT2D eigenvalue weighted by Gasteiger charge is 2.09. The Bertz CT molecular complexity index is 1370. The molecule has 9 heteroatoms. The molecule has 6 nitrogen and oxygen atoms in total. The van der Waals surface area contributed by atoms with Crippen molar-refractivity contribution >= 4 is 57.5 Å². The normalized spacial score (nSPS) is 11.0. The molecule has 196 valence electrons. The van der Waals surface area contributed by atoms with Crippen molar-refractivity contribution in [3.63, 3.8) is 0 Å². The quantitative estimate of drug-likeness (QED) is 0.102. The number of ether oxygens (including phenoxy) is 1. The summed E-state index contributed by atoms with van der Waals surface area (Å²) >= 11 is 13.6. The van der Waals surface area contributed by atoms with Crippen molar-refractivity contribution in [2.75, 3.05) is 11.9 Å². The van der Waals surface area contributed by atoms with E-state index in [1.807, 2.05) is 47.8 Å². The number of nitrogens with zero attached hydrogens (tertiary/aromatic N) is 2. The lowest BCUT2D eigenvalue weighted by Crippen LogP contribution is -2.17. The smallest absolute Gasteiger partial charge is 0.271 e. The average Bonchev–Trinajstić information content (AvgIpc) is 3.39. The molecule has 0 fully saturated rings. The molecule has 2 N–H and O–H groups in total. The van der Waals surface area contributed by atoms with E-state index in [1.165, 1.54) is 24.2 Å². The maximum absolute atomic E-state index is 12.6. The molecule has 1 heterocycles. The van der Waals surface area contributed by atoms with Gasteiger partial charge in [-0.2, -0.15) is 5.10 Å². The van der Waals surface area contributed by atoms with Crippen molar-refractivity contribution in [1.82, 2.24) is 10.4 Å². The van der Waals surface area contributed by atoms with E-state index < -0.39 is 0 Å². The lowest BCUT2D eigenvalue weighted by Gasteiger charge is -2.09. The molecule has 4 rings (SSSR count). The molecule has 0 aliphatic heterocycles. The van der Waals surface area contributed by atoms with Crippen molar-refractivity contribution in [2.24, 2.45) is 5.10 Å². The molecule has 0 saturated carbocycles. The van der Waals surface area contributed by atoms with E-state index in [-0.39, 0.29) is 5.91 Å². The molecule has 0 atom stereocenters. The number of anilines is 2. The van der Waals surface area contributed by atoms with Gasteiger partial charge in [-0.1, -0.05) is 61.5 Å². The van der Waals surface area contributed by atoms with Crippen LogP contribution in [0.1, 0.15) is 48.5 Å². The van der Waals surface area contributed by atoms with E-state index in [2.05, 4.69) is 27.8 Å². The second kappa shape index (κ2) is 14.0. The highest BCUT2D eigenvalue weighted by atomic mass is 35.5. The summed E-state index contributed by atoms with van der Waals surface area (Å²) in [5, 5.41) is 11.4. The Morgan fingerprint density at radius 1 is 1.00 bits per heavy atom. The number of thiazole rings is 1. The number of unbranched alkanes of at least 4 members (excludes halogenated alkanes) is 3. The van der Waals surface area contributed by atoms with Crippen molar-refractivity contribution in [3.8, 4) is 17.0 Å². The molecule has 0 bridgehead atoms. The van der Waals surface area contributed by atoms with Gasteiger partial charge in [0.25, 0.3) is 5.91 Å². The number of halogens is 2. The fraction of sp³-hybridized carbons (Fsp3) is 0.207. The molecule has 0 unspecified atom stereocenters. The number of amides is 1. The fourth-order valence-electron chi connectivity index (χ4n) is 3.60. The van der Waals surface area contributed by atoms with E-state index in [0.29, 0.717) is 33.5 Å². The van der Waals surface area contributed by atoms with Crippen molar-refractivity contribution in [2.45, 2.75) is 32.6 Å². The number of hydrogen-bond acceptors (Lipinski definition) is 6. The Hall–Kier alpha value is -3.39. The Balaban J connectivity index is 1.33. The number of nitrogens with one attached hydrogen (secondary N) is 2. The van der Waals surface area contributed by atoms with Gasteiger partial charge < -0.3 is 10.1 Å². The standard InChI is InChI=1S/C29H28Cl2N4O2S/c1-2-3-4-5-16-37-27-15-12-24(31)17-22(27)18-32-35-28(36)21-8-6-20(7-9-21)26-19-38-29(34-26)33-25-13-10-23(30)11-14-25/h6-15,17-19H,2-5,16H2,1H3,(H,33,34)(H,35,36)/b32-18-. The number of benzene rings is 3. The molecule has 3 aromatic carbocycles. The van der Waals surface area contributed by atoms with Crippen LogP contribution in [0.15, 0.2) is 77.2 Å². The van der Waals surface area contributed by atoms with E-state index in [1.54, 1.807) is 30.5 Å². The summed E-state index contributed by atoms with van der Waals surface area (Å²) in [5.74, 6) is 0.363. The molecule has 1 amide bonds. The first-order valence-corrected chi connectivity index (χ1v) is 14.0. The molecule has 0 aliphatic rings. The first-order chi connectivity index (χ1) is 18.5. The molecule has 0 radical (unpaired) electrons. The molecule has 1 aromatic heterocycles. The summed E-state index contributed by atoms with van der Waals surface area (Å²) < 4.78 is 5.90. The van der Waals surface area contributed by atoms with Gasteiger partial charge in [0.2, 0.25) is 0 Å². The summed E-state index contributed by atoms with van der Waals surface area (Å²) in [4.78, 5) is 17.3. The third-order valence-electron chi connectivity index (χ3n) is 5.64. The van der Waals surface area contributed by atoms with Gasteiger partial charge in [0.1, 0.15) is 5.75 Å². The topological polar surface area (TPSA) is 75.6 Å². The number of carbonyl (C=O) groups excluding carboxylic acids is 1. The first kappa shape index (κ1) is 27.6. The lowest BCUT2D eigenvalue weighted by atomic mass is 10.1. The second-order valence-electron chi connectivity index (χ2n) is 8.54. The van der Waals surface area contributed by atoms with Crippen molar-refractivity contribution < 1.29 is 9.53 Å². The minimum Gasteiger partial charge on any atom is -0.493 e. The summed E-state index contributed by atoms with van der Waals surface area (Å²) in [6.45, 7) is 2.80. The Kier molecular flexibility index (Phi) is 10.1. The van der Waals surface area contributed by atoms with Crippen LogP contribution in [0.3, 0.4) is 0 Å². The van der Waals surface area contributed by atoms with Crippen LogP contribution in [0.4, 0.5) is 10.8 Å². The fourth-order valence-corrected chi connectivity index (χ4v) is 4.65. The van der Waals surface area contributed by atoms with Crippen molar-refractivity contribution in [3.05, 3.63) is 93.3 Å².